The molecular weight excluding hydrogens is 382 g/mol. The summed E-state index contributed by atoms with van der Waals surface area (Å²) in [4.78, 5) is 8.70. The van der Waals surface area contributed by atoms with Gasteiger partial charge in [0.25, 0.3) is 0 Å². The highest BCUT2D eigenvalue weighted by atomic mass is 16.5. The van der Waals surface area contributed by atoms with E-state index in [2.05, 4.69) is 46.5 Å². The van der Waals surface area contributed by atoms with Crippen molar-refractivity contribution in [1.82, 2.24) is 9.97 Å². The van der Waals surface area contributed by atoms with Gasteiger partial charge in [-0.2, -0.15) is 0 Å². The second-order valence-corrected chi connectivity index (χ2v) is 8.32. The number of hydrogen-bond acceptors (Lipinski definition) is 4. The second kappa shape index (κ2) is 13.6. The molecule has 0 saturated heterocycles. The van der Waals surface area contributed by atoms with Crippen LogP contribution in [0.4, 0.5) is 5.82 Å². The maximum Gasteiger partial charge on any atom is 0.137 e. The van der Waals surface area contributed by atoms with E-state index in [1.807, 2.05) is 24.3 Å². The van der Waals surface area contributed by atoms with Crippen molar-refractivity contribution in [2.24, 2.45) is 0 Å². The molecule has 0 aliphatic heterocycles. The number of rotatable bonds is 15. The molecule has 0 amide bonds. The van der Waals surface area contributed by atoms with Crippen molar-refractivity contribution in [1.29, 1.82) is 0 Å². The van der Waals surface area contributed by atoms with Crippen molar-refractivity contribution in [2.45, 2.75) is 71.1 Å². The number of nitrogens with zero attached hydrogens (tertiary/aromatic N) is 2. The lowest BCUT2D eigenvalue weighted by Gasteiger charge is -2.08. The smallest absolute Gasteiger partial charge is 0.137 e. The summed E-state index contributed by atoms with van der Waals surface area (Å²) < 4.78 is 5.87. The number of aryl methyl sites for hydroxylation is 1. The number of para-hydroxylation sites is 2. The molecular formula is C27H37N3O. The van der Waals surface area contributed by atoms with Crippen LogP contribution in [0.15, 0.2) is 54.9 Å². The molecule has 0 atom stereocenters. The Kier molecular flexibility index (Phi) is 10.1. The molecule has 3 aromatic rings. The molecule has 0 bridgehead atoms. The molecule has 3 rings (SSSR count). The topological polar surface area (TPSA) is 47.0 Å². The minimum absolute atomic E-state index is 0.837. The molecule has 0 aliphatic rings. The summed E-state index contributed by atoms with van der Waals surface area (Å²) in [5.74, 6) is 1.98. The molecule has 4 nitrogen and oxygen atoms in total. The minimum Gasteiger partial charge on any atom is -0.493 e. The van der Waals surface area contributed by atoms with Crippen LogP contribution in [0.2, 0.25) is 0 Å². The number of benzene rings is 2. The first-order chi connectivity index (χ1) is 15.3. The first-order valence-electron chi connectivity index (χ1n) is 12.0. The van der Waals surface area contributed by atoms with Crippen LogP contribution in [0.5, 0.6) is 5.75 Å². The molecule has 0 radical (unpaired) electrons. The number of ether oxygens (including phenoxy) is 1. The molecule has 0 aliphatic carbocycles. The zero-order chi connectivity index (χ0) is 21.6. The molecule has 1 aromatic heterocycles. The van der Waals surface area contributed by atoms with Crippen molar-refractivity contribution in [3.63, 3.8) is 0 Å². The van der Waals surface area contributed by atoms with Crippen LogP contribution < -0.4 is 10.1 Å². The Bertz CT molecular complexity index is 891. The second-order valence-electron chi connectivity index (χ2n) is 8.32. The Morgan fingerprint density at radius 2 is 1.35 bits per heavy atom. The molecule has 0 spiro atoms. The van der Waals surface area contributed by atoms with Gasteiger partial charge in [0.1, 0.15) is 17.9 Å². The van der Waals surface area contributed by atoms with E-state index >= 15 is 0 Å². The van der Waals surface area contributed by atoms with Crippen molar-refractivity contribution in [3.8, 4) is 5.75 Å². The van der Waals surface area contributed by atoms with Crippen LogP contribution in [-0.4, -0.2) is 23.1 Å². The van der Waals surface area contributed by atoms with Gasteiger partial charge in [0.15, 0.2) is 0 Å². The van der Waals surface area contributed by atoms with Crippen LogP contribution in [0.25, 0.3) is 10.9 Å². The Morgan fingerprint density at radius 3 is 2.13 bits per heavy atom. The number of fused-ring (bicyclic) bond motifs is 1. The van der Waals surface area contributed by atoms with Gasteiger partial charge in [-0.1, -0.05) is 81.7 Å². The number of aromatic nitrogens is 2. The van der Waals surface area contributed by atoms with Gasteiger partial charge in [0, 0.05) is 11.9 Å². The third-order valence-corrected chi connectivity index (χ3v) is 5.76. The van der Waals surface area contributed by atoms with Gasteiger partial charge < -0.3 is 10.1 Å². The van der Waals surface area contributed by atoms with E-state index in [1.165, 1.54) is 63.4 Å². The SMILES string of the molecule is Cc1ccccc1OCCCCCCCCCCCCNc1ncnc2ccccc12. The van der Waals surface area contributed by atoms with Gasteiger partial charge in [-0.3, -0.25) is 0 Å². The molecule has 1 heterocycles. The normalized spacial score (nSPS) is 11.0. The monoisotopic (exact) mass is 419 g/mol. The summed E-state index contributed by atoms with van der Waals surface area (Å²) >= 11 is 0. The van der Waals surface area contributed by atoms with Gasteiger partial charge in [0.2, 0.25) is 0 Å². The van der Waals surface area contributed by atoms with E-state index in [9.17, 15) is 0 Å². The molecule has 4 heteroatoms. The standard InChI is InChI=1S/C27H37N3O/c1-23-16-10-13-19-26(23)31-21-15-9-7-5-3-2-4-6-8-14-20-28-27-24-17-11-12-18-25(24)29-22-30-27/h10-13,16-19,22H,2-9,14-15,20-21H2,1H3,(H,28,29,30). The number of anilines is 1. The third kappa shape index (κ3) is 8.20. The lowest BCUT2D eigenvalue weighted by molar-refractivity contribution is 0.302. The predicted octanol–water partition coefficient (Wildman–Crippen LogP) is 7.33. The minimum atomic E-state index is 0.837. The number of unbranched alkanes of at least 4 members (excludes halogenated alkanes) is 9. The first-order valence-corrected chi connectivity index (χ1v) is 12.0. The number of hydrogen-bond donors (Lipinski definition) is 1. The molecule has 0 fully saturated rings. The predicted molar refractivity (Wildman–Crippen MR) is 131 cm³/mol. The zero-order valence-electron chi connectivity index (χ0n) is 19.0. The summed E-state index contributed by atoms with van der Waals surface area (Å²) in [5.41, 5.74) is 2.22. The largest absolute Gasteiger partial charge is 0.493 e. The lowest BCUT2D eigenvalue weighted by atomic mass is 10.1. The zero-order valence-corrected chi connectivity index (χ0v) is 19.0. The van der Waals surface area contributed by atoms with E-state index in [0.717, 1.165) is 42.0 Å². The Morgan fingerprint density at radius 1 is 0.710 bits per heavy atom. The Hall–Kier alpha value is -2.62. The molecule has 2 aromatic carbocycles. The van der Waals surface area contributed by atoms with Crippen molar-refractivity contribution in [2.75, 3.05) is 18.5 Å². The fraction of sp³-hybridized carbons (Fsp3) is 0.481. The summed E-state index contributed by atoms with van der Waals surface area (Å²) in [5, 5.41) is 4.58. The fourth-order valence-corrected chi connectivity index (χ4v) is 3.89. The maximum atomic E-state index is 5.87. The van der Waals surface area contributed by atoms with E-state index in [-0.39, 0.29) is 0 Å². The third-order valence-electron chi connectivity index (χ3n) is 5.76. The molecule has 0 saturated carbocycles. The van der Waals surface area contributed by atoms with Gasteiger partial charge in [-0.15, -0.1) is 0 Å². The number of nitrogens with one attached hydrogen (secondary N) is 1. The fourth-order valence-electron chi connectivity index (χ4n) is 3.89. The van der Waals surface area contributed by atoms with E-state index in [4.69, 9.17) is 4.74 Å². The molecule has 31 heavy (non-hydrogen) atoms. The molecule has 1 N–H and O–H groups in total. The summed E-state index contributed by atoms with van der Waals surface area (Å²) in [6.45, 7) is 3.92. The van der Waals surface area contributed by atoms with Gasteiger partial charge in [-0.25, -0.2) is 9.97 Å². The highest BCUT2D eigenvalue weighted by molar-refractivity contribution is 5.88. The molecule has 0 unspecified atom stereocenters. The van der Waals surface area contributed by atoms with Crippen molar-refractivity contribution in [3.05, 3.63) is 60.4 Å². The van der Waals surface area contributed by atoms with Crippen LogP contribution in [0, 0.1) is 6.92 Å². The Labute approximate surface area is 187 Å². The first kappa shape index (κ1) is 23.1. The van der Waals surface area contributed by atoms with Crippen LogP contribution >= 0.6 is 0 Å². The van der Waals surface area contributed by atoms with E-state index < -0.39 is 0 Å². The average Bonchev–Trinajstić information content (AvgIpc) is 2.80. The Balaban J connectivity index is 1.12. The molecule has 166 valence electrons. The van der Waals surface area contributed by atoms with Gasteiger partial charge in [0.05, 0.1) is 12.1 Å². The maximum absolute atomic E-state index is 5.87. The average molecular weight is 420 g/mol. The van der Waals surface area contributed by atoms with Gasteiger partial charge in [-0.05, 0) is 43.5 Å². The van der Waals surface area contributed by atoms with Crippen LogP contribution in [-0.2, 0) is 0 Å². The highest BCUT2D eigenvalue weighted by Crippen LogP contribution is 2.19. The summed E-state index contributed by atoms with van der Waals surface area (Å²) in [7, 11) is 0. The van der Waals surface area contributed by atoms with Crippen molar-refractivity contribution >= 4 is 16.7 Å². The van der Waals surface area contributed by atoms with E-state index in [1.54, 1.807) is 6.33 Å². The lowest BCUT2D eigenvalue weighted by Crippen LogP contribution is -2.04. The summed E-state index contributed by atoms with van der Waals surface area (Å²) in [6, 6.07) is 16.4. The quantitative estimate of drug-likeness (QED) is 0.262. The highest BCUT2D eigenvalue weighted by Gasteiger charge is 2.02. The van der Waals surface area contributed by atoms with Crippen molar-refractivity contribution < 1.29 is 4.74 Å². The van der Waals surface area contributed by atoms with Crippen LogP contribution in [0.3, 0.4) is 0 Å². The summed E-state index contributed by atoms with van der Waals surface area (Å²) in [6.07, 6.45) is 14.6. The van der Waals surface area contributed by atoms with Crippen LogP contribution in [0.1, 0.15) is 69.8 Å². The van der Waals surface area contributed by atoms with E-state index in [0.29, 0.717) is 0 Å². The van der Waals surface area contributed by atoms with Gasteiger partial charge >= 0.3 is 0 Å².